The number of rotatable bonds is 2. The molecule has 1 unspecified atom stereocenters. The Hall–Kier alpha value is -1.06. The highest BCUT2D eigenvalue weighted by molar-refractivity contribution is 5.40. The van der Waals surface area contributed by atoms with E-state index >= 15 is 0 Å². The summed E-state index contributed by atoms with van der Waals surface area (Å²) in [6.07, 6.45) is 1.43. The number of aliphatic hydroxyl groups excluding tert-OH is 1. The van der Waals surface area contributed by atoms with Crippen molar-refractivity contribution in [1.82, 2.24) is 0 Å². The molecule has 0 spiro atoms. The van der Waals surface area contributed by atoms with Gasteiger partial charge in [0.2, 0.25) is 0 Å². The second-order valence-electron chi connectivity index (χ2n) is 4.98. The van der Waals surface area contributed by atoms with Gasteiger partial charge in [0.1, 0.15) is 11.4 Å². The van der Waals surface area contributed by atoms with Gasteiger partial charge in [-0.05, 0) is 49.9 Å². The standard InChI is InChI=1S/C13H19NO2/c1-13(2)6-5-10-7-9(11(15)8-14)3-4-12(10)16-13/h3-4,7,11,15H,5-6,8,14H2,1-2H3. The van der Waals surface area contributed by atoms with E-state index in [0.29, 0.717) is 0 Å². The van der Waals surface area contributed by atoms with E-state index in [-0.39, 0.29) is 12.1 Å². The Bertz CT molecular complexity index is 388. The Morgan fingerprint density at radius 3 is 2.94 bits per heavy atom. The molecule has 16 heavy (non-hydrogen) atoms. The third-order valence-electron chi connectivity index (χ3n) is 3.08. The normalized spacial score (nSPS) is 19.8. The average Bonchev–Trinajstić information content (AvgIpc) is 2.26. The second kappa shape index (κ2) is 4.07. The van der Waals surface area contributed by atoms with Crippen molar-refractivity contribution in [1.29, 1.82) is 0 Å². The van der Waals surface area contributed by atoms with Gasteiger partial charge in [0.05, 0.1) is 6.10 Å². The third kappa shape index (κ3) is 2.20. The first-order valence-electron chi connectivity index (χ1n) is 5.72. The quantitative estimate of drug-likeness (QED) is 0.800. The van der Waals surface area contributed by atoms with Crippen LogP contribution in [0.3, 0.4) is 0 Å². The van der Waals surface area contributed by atoms with E-state index in [1.807, 2.05) is 18.2 Å². The molecule has 1 aliphatic rings. The van der Waals surface area contributed by atoms with Crippen molar-refractivity contribution >= 4 is 0 Å². The lowest BCUT2D eigenvalue weighted by Crippen LogP contribution is -2.32. The first-order valence-corrected chi connectivity index (χ1v) is 5.72. The van der Waals surface area contributed by atoms with Gasteiger partial charge in [-0.25, -0.2) is 0 Å². The summed E-state index contributed by atoms with van der Waals surface area (Å²) in [4.78, 5) is 0. The maximum atomic E-state index is 9.67. The van der Waals surface area contributed by atoms with E-state index in [1.165, 1.54) is 5.56 Å². The Morgan fingerprint density at radius 2 is 2.25 bits per heavy atom. The van der Waals surface area contributed by atoms with Gasteiger partial charge >= 0.3 is 0 Å². The fourth-order valence-corrected chi connectivity index (χ4v) is 2.02. The molecular formula is C13H19NO2. The molecule has 0 aliphatic carbocycles. The summed E-state index contributed by atoms with van der Waals surface area (Å²) >= 11 is 0. The number of ether oxygens (including phenoxy) is 1. The monoisotopic (exact) mass is 221 g/mol. The van der Waals surface area contributed by atoms with Crippen LogP contribution in [0.1, 0.15) is 37.5 Å². The van der Waals surface area contributed by atoms with E-state index in [1.54, 1.807) is 0 Å². The average molecular weight is 221 g/mol. The summed E-state index contributed by atoms with van der Waals surface area (Å²) in [5, 5.41) is 9.67. The van der Waals surface area contributed by atoms with Crippen LogP contribution in [0, 0.1) is 0 Å². The highest BCUT2D eigenvalue weighted by Gasteiger charge is 2.26. The van der Waals surface area contributed by atoms with Crippen LogP contribution in [-0.4, -0.2) is 17.3 Å². The SMILES string of the molecule is CC1(C)CCc2cc(C(O)CN)ccc2O1. The first-order chi connectivity index (χ1) is 7.52. The lowest BCUT2D eigenvalue weighted by Gasteiger charge is -2.33. The van der Waals surface area contributed by atoms with Crippen LogP contribution in [0.4, 0.5) is 0 Å². The van der Waals surface area contributed by atoms with Crippen molar-refractivity contribution in [3.05, 3.63) is 29.3 Å². The summed E-state index contributed by atoms with van der Waals surface area (Å²) < 4.78 is 5.87. The van der Waals surface area contributed by atoms with Crippen LogP contribution in [0.15, 0.2) is 18.2 Å². The molecule has 88 valence electrons. The van der Waals surface area contributed by atoms with E-state index < -0.39 is 6.10 Å². The lowest BCUT2D eigenvalue weighted by atomic mass is 9.92. The molecule has 0 saturated carbocycles. The molecule has 1 aromatic rings. The summed E-state index contributed by atoms with van der Waals surface area (Å²) in [6, 6.07) is 5.82. The number of benzene rings is 1. The summed E-state index contributed by atoms with van der Waals surface area (Å²) in [6.45, 7) is 4.45. The molecule has 0 amide bonds. The van der Waals surface area contributed by atoms with Gasteiger partial charge in [0, 0.05) is 6.54 Å². The zero-order valence-electron chi connectivity index (χ0n) is 9.86. The number of hydrogen-bond acceptors (Lipinski definition) is 3. The zero-order chi connectivity index (χ0) is 11.8. The minimum Gasteiger partial charge on any atom is -0.488 e. The van der Waals surface area contributed by atoms with Crippen LogP contribution >= 0.6 is 0 Å². The number of hydrogen-bond donors (Lipinski definition) is 2. The highest BCUT2D eigenvalue weighted by atomic mass is 16.5. The minimum absolute atomic E-state index is 0.0823. The Balaban J connectivity index is 2.28. The molecule has 1 heterocycles. The van der Waals surface area contributed by atoms with E-state index in [2.05, 4.69) is 13.8 Å². The molecule has 0 saturated heterocycles. The first kappa shape index (κ1) is 11.4. The van der Waals surface area contributed by atoms with Crippen molar-refractivity contribution in [2.75, 3.05) is 6.54 Å². The van der Waals surface area contributed by atoms with E-state index in [0.717, 1.165) is 24.2 Å². The molecule has 2 rings (SSSR count). The second-order valence-corrected chi connectivity index (χ2v) is 4.98. The summed E-state index contributed by atoms with van der Waals surface area (Å²) in [5.74, 6) is 0.934. The number of fused-ring (bicyclic) bond motifs is 1. The van der Waals surface area contributed by atoms with Crippen molar-refractivity contribution in [2.24, 2.45) is 5.73 Å². The topological polar surface area (TPSA) is 55.5 Å². The fourth-order valence-electron chi connectivity index (χ4n) is 2.02. The maximum absolute atomic E-state index is 9.67. The molecule has 0 radical (unpaired) electrons. The molecule has 3 nitrogen and oxygen atoms in total. The largest absolute Gasteiger partial charge is 0.488 e. The smallest absolute Gasteiger partial charge is 0.123 e. The molecule has 0 bridgehead atoms. The molecule has 1 atom stereocenters. The van der Waals surface area contributed by atoms with Crippen LogP contribution in [0.25, 0.3) is 0 Å². The Kier molecular flexibility index (Phi) is 2.91. The maximum Gasteiger partial charge on any atom is 0.123 e. The van der Waals surface area contributed by atoms with Crippen molar-refractivity contribution in [3.63, 3.8) is 0 Å². The number of nitrogens with two attached hydrogens (primary N) is 1. The Labute approximate surface area is 96.2 Å². The van der Waals surface area contributed by atoms with Crippen molar-refractivity contribution in [2.45, 2.75) is 38.4 Å². The molecule has 3 heteroatoms. The van der Waals surface area contributed by atoms with Crippen LogP contribution in [0.2, 0.25) is 0 Å². The predicted molar refractivity (Wildman–Crippen MR) is 63.5 cm³/mol. The minimum atomic E-state index is -0.569. The van der Waals surface area contributed by atoms with Gasteiger partial charge in [-0.15, -0.1) is 0 Å². The van der Waals surface area contributed by atoms with Gasteiger partial charge in [-0.2, -0.15) is 0 Å². The highest BCUT2D eigenvalue weighted by Crippen LogP contribution is 2.34. The van der Waals surface area contributed by atoms with Crippen molar-refractivity contribution < 1.29 is 9.84 Å². The third-order valence-corrected chi connectivity index (χ3v) is 3.08. The molecule has 3 N–H and O–H groups in total. The van der Waals surface area contributed by atoms with Gasteiger partial charge in [0.25, 0.3) is 0 Å². The molecular weight excluding hydrogens is 202 g/mol. The molecule has 1 aromatic carbocycles. The van der Waals surface area contributed by atoms with Crippen LogP contribution < -0.4 is 10.5 Å². The molecule has 0 fully saturated rings. The van der Waals surface area contributed by atoms with Gasteiger partial charge in [-0.1, -0.05) is 6.07 Å². The summed E-state index contributed by atoms with van der Waals surface area (Å²) in [7, 11) is 0. The van der Waals surface area contributed by atoms with Gasteiger partial charge < -0.3 is 15.6 Å². The van der Waals surface area contributed by atoms with Crippen LogP contribution in [-0.2, 0) is 6.42 Å². The Morgan fingerprint density at radius 1 is 1.50 bits per heavy atom. The molecule has 1 aliphatic heterocycles. The lowest BCUT2D eigenvalue weighted by molar-refractivity contribution is 0.0844. The van der Waals surface area contributed by atoms with Crippen molar-refractivity contribution in [3.8, 4) is 5.75 Å². The van der Waals surface area contributed by atoms with Crippen LogP contribution in [0.5, 0.6) is 5.75 Å². The summed E-state index contributed by atoms with van der Waals surface area (Å²) in [5.41, 5.74) is 7.41. The van der Waals surface area contributed by atoms with E-state index in [9.17, 15) is 5.11 Å². The number of aryl methyl sites for hydroxylation is 1. The fraction of sp³-hybridized carbons (Fsp3) is 0.538. The zero-order valence-corrected chi connectivity index (χ0v) is 9.86. The van der Waals surface area contributed by atoms with Gasteiger partial charge in [0.15, 0.2) is 0 Å². The predicted octanol–water partition coefficient (Wildman–Crippen LogP) is 1.78. The van der Waals surface area contributed by atoms with Gasteiger partial charge in [-0.3, -0.25) is 0 Å². The van der Waals surface area contributed by atoms with E-state index in [4.69, 9.17) is 10.5 Å². The molecule has 0 aromatic heterocycles. The number of aliphatic hydroxyl groups is 1.